The van der Waals surface area contributed by atoms with Crippen molar-refractivity contribution in [3.8, 4) is 11.5 Å². The molecular weight excluding hydrogens is 360 g/mol. The van der Waals surface area contributed by atoms with Crippen LogP contribution >= 0.6 is 0 Å². The molecule has 0 radical (unpaired) electrons. The second-order valence-electron chi connectivity index (χ2n) is 6.89. The molecule has 1 saturated heterocycles. The number of aromatic nitrogens is 2. The lowest BCUT2D eigenvalue weighted by atomic mass is 9.96. The van der Waals surface area contributed by atoms with Crippen LogP contribution in [0.5, 0.6) is 11.5 Å². The molecular formula is C20H26N4O4. The first-order valence-corrected chi connectivity index (χ1v) is 9.30. The number of piperidine rings is 1. The van der Waals surface area contributed by atoms with Gasteiger partial charge in [-0.15, -0.1) is 0 Å². The van der Waals surface area contributed by atoms with E-state index < -0.39 is 0 Å². The van der Waals surface area contributed by atoms with Crippen molar-refractivity contribution in [3.63, 3.8) is 0 Å². The van der Waals surface area contributed by atoms with Crippen LogP contribution in [0.1, 0.15) is 33.6 Å². The van der Waals surface area contributed by atoms with Gasteiger partial charge < -0.3 is 19.7 Å². The lowest BCUT2D eigenvalue weighted by Crippen LogP contribution is -2.41. The molecule has 0 unspecified atom stereocenters. The maximum absolute atomic E-state index is 12.9. The standard InChI is InChI=1S/C20H26N4O4/c1-23-13-15(12-22-23)19(25)21-11-14-7-9-24(10-8-14)20(26)16-5-4-6-17(27-2)18(16)28-3/h4-6,12-14H,7-11H2,1-3H3,(H,21,25). The van der Waals surface area contributed by atoms with E-state index in [0.717, 1.165) is 12.8 Å². The molecule has 1 aromatic carbocycles. The van der Waals surface area contributed by atoms with E-state index in [9.17, 15) is 9.59 Å². The zero-order valence-corrected chi connectivity index (χ0v) is 16.5. The van der Waals surface area contributed by atoms with Crippen LogP contribution in [0.4, 0.5) is 0 Å². The van der Waals surface area contributed by atoms with Gasteiger partial charge in [0.05, 0.1) is 31.5 Å². The smallest absolute Gasteiger partial charge is 0.257 e. The topological polar surface area (TPSA) is 85.7 Å². The fourth-order valence-corrected chi connectivity index (χ4v) is 3.44. The number of hydrogen-bond acceptors (Lipinski definition) is 5. The average molecular weight is 386 g/mol. The predicted molar refractivity (Wildman–Crippen MR) is 104 cm³/mol. The molecule has 2 aromatic rings. The quantitative estimate of drug-likeness (QED) is 0.817. The Balaban J connectivity index is 1.54. The summed E-state index contributed by atoms with van der Waals surface area (Å²) in [6, 6.07) is 5.31. The van der Waals surface area contributed by atoms with Gasteiger partial charge in [-0.05, 0) is 30.9 Å². The number of benzene rings is 1. The summed E-state index contributed by atoms with van der Waals surface area (Å²) < 4.78 is 12.3. The van der Waals surface area contributed by atoms with E-state index in [1.807, 2.05) is 4.90 Å². The molecule has 1 aromatic heterocycles. The number of likely N-dealkylation sites (tertiary alicyclic amines) is 1. The van der Waals surface area contributed by atoms with E-state index >= 15 is 0 Å². The number of hydrogen-bond donors (Lipinski definition) is 1. The summed E-state index contributed by atoms with van der Waals surface area (Å²) in [5, 5.41) is 6.97. The minimum absolute atomic E-state index is 0.0615. The Bertz CT molecular complexity index is 840. The van der Waals surface area contributed by atoms with Crippen molar-refractivity contribution in [2.45, 2.75) is 12.8 Å². The van der Waals surface area contributed by atoms with Crippen molar-refractivity contribution in [3.05, 3.63) is 41.7 Å². The summed E-state index contributed by atoms with van der Waals surface area (Å²) in [6.07, 6.45) is 4.92. The van der Waals surface area contributed by atoms with Gasteiger partial charge in [-0.2, -0.15) is 5.10 Å². The summed E-state index contributed by atoms with van der Waals surface area (Å²) in [5.74, 6) is 1.17. The Morgan fingerprint density at radius 1 is 1.21 bits per heavy atom. The number of aryl methyl sites for hydroxylation is 1. The Morgan fingerprint density at radius 2 is 1.96 bits per heavy atom. The Hall–Kier alpha value is -3.03. The van der Waals surface area contributed by atoms with Crippen LogP contribution in [0.3, 0.4) is 0 Å². The molecule has 3 rings (SSSR count). The largest absolute Gasteiger partial charge is 0.493 e. The fourth-order valence-electron chi connectivity index (χ4n) is 3.44. The van der Waals surface area contributed by atoms with Gasteiger partial charge in [0.2, 0.25) is 0 Å². The molecule has 150 valence electrons. The van der Waals surface area contributed by atoms with E-state index in [1.54, 1.807) is 49.4 Å². The lowest BCUT2D eigenvalue weighted by molar-refractivity contribution is 0.0680. The Labute approximate surface area is 164 Å². The van der Waals surface area contributed by atoms with Gasteiger partial charge in [0.25, 0.3) is 11.8 Å². The highest BCUT2D eigenvalue weighted by Gasteiger charge is 2.26. The first kappa shape index (κ1) is 19.7. The minimum atomic E-state index is -0.118. The molecule has 0 aliphatic carbocycles. The van der Waals surface area contributed by atoms with E-state index in [2.05, 4.69) is 10.4 Å². The van der Waals surface area contributed by atoms with Crippen LogP contribution in [0.2, 0.25) is 0 Å². The molecule has 0 atom stereocenters. The number of ether oxygens (including phenoxy) is 2. The molecule has 1 fully saturated rings. The van der Waals surface area contributed by atoms with E-state index in [1.165, 1.54) is 7.11 Å². The Kier molecular flexibility index (Phi) is 6.18. The zero-order valence-electron chi connectivity index (χ0n) is 16.5. The van der Waals surface area contributed by atoms with Crippen LogP contribution in [-0.4, -0.2) is 60.3 Å². The van der Waals surface area contributed by atoms with Gasteiger partial charge in [0.1, 0.15) is 0 Å². The first-order valence-electron chi connectivity index (χ1n) is 9.30. The summed E-state index contributed by atoms with van der Waals surface area (Å²) in [5.41, 5.74) is 1.06. The summed E-state index contributed by atoms with van der Waals surface area (Å²) in [7, 11) is 4.87. The summed E-state index contributed by atoms with van der Waals surface area (Å²) in [6.45, 7) is 1.89. The van der Waals surface area contributed by atoms with Crippen molar-refractivity contribution in [2.75, 3.05) is 33.9 Å². The van der Waals surface area contributed by atoms with Crippen LogP contribution in [0, 0.1) is 5.92 Å². The fraction of sp³-hybridized carbons (Fsp3) is 0.450. The highest BCUT2D eigenvalue weighted by atomic mass is 16.5. The maximum atomic E-state index is 12.9. The van der Waals surface area contributed by atoms with Crippen LogP contribution in [0.15, 0.2) is 30.6 Å². The number of para-hydroxylation sites is 1. The van der Waals surface area contributed by atoms with Crippen LogP contribution in [-0.2, 0) is 7.05 Å². The Morgan fingerprint density at radius 3 is 2.57 bits per heavy atom. The number of methoxy groups -OCH3 is 2. The third-order valence-corrected chi connectivity index (χ3v) is 5.05. The number of nitrogens with one attached hydrogen (secondary N) is 1. The molecule has 0 spiro atoms. The van der Waals surface area contributed by atoms with E-state index in [0.29, 0.717) is 48.2 Å². The van der Waals surface area contributed by atoms with Gasteiger partial charge in [-0.3, -0.25) is 14.3 Å². The van der Waals surface area contributed by atoms with Gasteiger partial charge in [0, 0.05) is 32.9 Å². The van der Waals surface area contributed by atoms with Gasteiger partial charge in [-0.25, -0.2) is 0 Å². The highest BCUT2D eigenvalue weighted by Crippen LogP contribution is 2.32. The third kappa shape index (κ3) is 4.27. The number of carbonyl (C=O) groups excluding carboxylic acids is 2. The van der Waals surface area contributed by atoms with E-state index in [-0.39, 0.29) is 11.8 Å². The average Bonchev–Trinajstić information content (AvgIpc) is 3.17. The van der Waals surface area contributed by atoms with Crippen LogP contribution < -0.4 is 14.8 Å². The van der Waals surface area contributed by atoms with E-state index in [4.69, 9.17) is 9.47 Å². The molecule has 1 N–H and O–H groups in total. The van der Waals surface area contributed by atoms with Crippen molar-refractivity contribution < 1.29 is 19.1 Å². The molecule has 28 heavy (non-hydrogen) atoms. The van der Waals surface area contributed by atoms with Crippen molar-refractivity contribution in [1.29, 1.82) is 0 Å². The normalized spacial score (nSPS) is 14.6. The number of rotatable bonds is 6. The monoisotopic (exact) mass is 386 g/mol. The SMILES string of the molecule is COc1cccc(C(=O)N2CCC(CNC(=O)c3cnn(C)c3)CC2)c1OC. The number of nitrogens with zero attached hydrogens (tertiary/aromatic N) is 3. The van der Waals surface area contributed by atoms with Gasteiger partial charge >= 0.3 is 0 Å². The zero-order chi connectivity index (χ0) is 20.1. The maximum Gasteiger partial charge on any atom is 0.257 e. The molecule has 0 saturated carbocycles. The second kappa shape index (κ2) is 8.77. The molecule has 1 aliphatic heterocycles. The lowest BCUT2D eigenvalue weighted by Gasteiger charge is -2.32. The second-order valence-corrected chi connectivity index (χ2v) is 6.89. The molecule has 2 amide bonds. The third-order valence-electron chi connectivity index (χ3n) is 5.05. The summed E-state index contributed by atoms with van der Waals surface area (Å²) >= 11 is 0. The highest BCUT2D eigenvalue weighted by molar-refractivity contribution is 5.98. The van der Waals surface area contributed by atoms with Gasteiger partial charge in [0.15, 0.2) is 11.5 Å². The molecule has 2 heterocycles. The van der Waals surface area contributed by atoms with Crippen molar-refractivity contribution in [1.82, 2.24) is 20.0 Å². The number of amides is 2. The number of carbonyl (C=O) groups is 2. The molecule has 8 heteroatoms. The first-order chi connectivity index (χ1) is 13.5. The van der Waals surface area contributed by atoms with Crippen LogP contribution in [0.25, 0.3) is 0 Å². The molecule has 8 nitrogen and oxygen atoms in total. The molecule has 0 bridgehead atoms. The van der Waals surface area contributed by atoms with Crippen molar-refractivity contribution >= 4 is 11.8 Å². The minimum Gasteiger partial charge on any atom is -0.493 e. The van der Waals surface area contributed by atoms with Crippen molar-refractivity contribution in [2.24, 2.45) is 13.0 Å². The predicted octanol–water partition coefficient (Wildman–Crippen LogP) is 1.72. The van der Waals surface area contributed by atoms with Gasteiger partial charge in [-0.1, -0.05) is 6.07 Å². The summed E-state index contributed by atoms with van der Waals surface area (Å²) in [4.78, 5) is 26.9. The molecule has 1 aliphatic rings.